The smallest absolute Gasteiger partial charge is 0.0719 e. The maximum atomic E-state index is 2.43. The number of benzene rings is 3. The second-order valence-corrected chi connectivity index (χ2v) is 10.1. The van der Waals surface area contributed by atoms with Crippen molar-refractivity contribution in [2.45, 2.75) is 46.5 Å². The van der Waals surface area contributed by atoms with E-state index in [2.05, 4.69) is 136 Å². The summed E-state index contributed by atoms with van der Waals surface area (Å²) in [6, 6.07) is 24.5. The molecule has 2 aliphatic rings. The van der Waals surface area contributed by atoms with Crippen molar-refractivity contribution in [2.24, 2.45) is 0 Å². The molecule has 0 unspecified atom stereocenters. The summed E-state index contributed by atoms with van der Waals surface area (Å²) in [6.45, 7) is 11.3. The third kappa shape index (κ3) is 3.77. The number of aryl methyl sites for hydroxylation is 1. The fraction of sp³-hybridized carbons (Fsp3) is 0.250. The lowest BCUT2D eigenvalue weighted by Gasteiger charge is -2.43. The Hall–Kier alpha value is -3.52. The van der Waals surface area contributed by atoms with Crippen LogP contribution in [0.1, 0.15) is 56.2 Å². The molecule has 2 nitrogen and oxygen atoms in total. The predicted octanol–water partition coefficient (Wildman–Crippen LogP) is 8.53. The summed E-state index contributed by atoms with van der Waals surface area (Å²) < 4.78 is 0. The van der Waals surface area contributed by atoms with E-state index in [1.165, 1.54) is 56.3 Å². The van der Waals surface area contributed by atoms with Crippen LogP contribution >= 0.6 is 0 Å². The highest BCUT2D eigenvalue weighted by Gasteiger charge is 2.33. The lowest BCUT2D eigenvalue weighted by Crippen LogP contribution is -2.37. The summed E-state index contributed by atoms with van der Waals surface area (Å²) in [4.78, 5) is 4.70. The van der Waals surface area contributed by atoms with Crippen LogP contribution in [-0.4, -0.2) is 7.05 Å². The number of para-hydroxylation sites is 1. The third-order valence-corrected chi connectivity index (χ3v) is 7.11. The Balaban J connectivity index is 1.60. The van der Waals surface area contributed by atoms with Crippen molar-refractivity contribution in [1.82, 2.24) is 0 Å². The first-order valence-electron chi connectivity index (χ1n) is 12.3. The Morgan fingerprint density at radius 3 is 2.03 bits per heavy atom. The SMILES string of the molecule is Cc1ccc(C(C)C)cc1-c1cc(C(C)C)ccc1N1c2ccc(N(C)c3ccccc3)c1c2. The predicted molar refractivity (Wildman–Crippen MR) is 146 cm³/mol. The summed E-state index contributed by atoms with van der Waals surface area (Å²) in [5.41, 5.74) is 12.9. The van der Waals surface area contributed by atoms with E-state index >= 15 is 0 Å². The van der Waals surface area contributed by atoms with Gasteiger partial charge in [-0.2, -0.15) is 0 Å². The van der Waals surface area contributed by atoms with Gasteiger partial charge in [0.25, 0.3) is 0 Å². The molecule has 0 spiro atoms. The first kappa shape index (κ1) is 22.3. The van der Waals surface area contributed by atoms with Crippen molar-refractivity contribution in [3.05, 3.63) is 119 Å². The Kier molecular flexibility index (Phi) is 5.69. The molecule has 0 N–H and O–H groups in total. The molecule has 3 aromatic rings. The fourth-order valence-electron chi connectivity index (χ4n) is 4.86. The van der Waals surface area contributed by atoms with Crippen LogP contribution in [0.2, 0.25) is 0 Å². The van der Waals surface area contributed by atoms with Crippen LogP contribution in [0.5, 0.6) is 0 Å². The van der Waals surface area contributed by atoms with Crippen LogP contribution < -0.4 is 9.80 Å². The lowest BCUT2D eigenvalue weighted by atomic mass is 9.88. The normalized spacial score (nSPS) is 14.6. The van der Waals surface area contributed by atoms with Crippen molar-refractivity contribution in [3.8, 4) is 11.1 Å². The van der Waals surface area contributed by atoms with Gasteiger partial charge in [0, 0.05) is 24.0 Å². The molecule has 5 rings (SSSR count). The quantitative estimate of drug-likeness (QED) is 0.374. The van der Waals surface area contributed by atoms with E-state index in [9.17, 15) is 0 Å². The van der Waals surface area contributed by atoms with Gasteiger partial charge in [-0.3, -0.25) is 0 Å². The largest absolute Gasteiger partial charge is 0.343 e. The van der Waals surface area contributed by atoms with Gasteiger partial charge in [0.2, 0.25) is 0 Å². The van der Waals surface area contributed by atoms with Gasteiger partial charge in [-0.05, 0) is 83.5 Å². The van der Waals surface area contributed by atoms with Gasteiger partial charge in [0.1, 0.15) is 0 Å². The minimum absolute atomic E-state index is 0.482. The zero-order chi connectivity index (χ0) is 24.0. The number of hydrogen-bond donors (Lipinski definition) is 0. The van der Waals surface area contributed by atoms with Crippen LogP contribution in [0.15, 0.2) is 102 Å². The fourth-order valence-corrected chi connectivity index (χ4v) is 4.86. The maximum absolute atomic E-state index is 2.43. The highest BCUT2D eigenvalue weighted by atomic mass is 15.3. The zero-order valence-electron chi connectivity index (χ0n) is 21.1. The minimum Gasteiger partial charge on any atom is -0.343 e. The first-order chi connectivity index (χ1) is 16.3. The number of likely N-dealkylation sites (N-methyl/N-ethyl adjacent to an activating group) is 1. The number of fused-ring (bicyclic) bond motifs is 2. The van der Waals surface area contributed by atoms with Crippen LogP contribution in [-0.2, 0) is 0 Å². The van der Waals surface area contributed by atoms with E-state index in [0.717, 1.165) is 0 Å². The number of allylic oxidation sites excluding steroid dienone is 3. The second kappa shape index (κ2) is 8.68. The lowest BCUT2D eigenvalue weighted by molar-refractivity contribution is 0.863. The Bertz CT molecular complexity index is 1320. The molecule has 0 aliphatic carbocycles. The molecule has 0 amide bonds. The number of hydrogen-bond acceptors (Lipinski definition) is 2. The van der Waals surface area contributed by atoms with Gasteiger partial charge < -0.3 is 9.80 Å². The molecule has 0 fully saturated rings. The average Bonchev–Trinajstić information content (AvgIpc) is 2.84. The van der Waals surface area contributed by atoms with E-state index in [1.807, 2.05) is 0 Å². The van der Waals surface area contributed by atoms with Crippen molar-refractivity contribution in [1.29, 1.82) is 0 Å². The van der Waals surface area contributed by atoms with Gasteiger partial charge in [-0.1, -0.05) is 70.2 Å². The van der Waals surface area contributed by atoms with Crippen LogP contribution in [0.3, 0.4) is 0 Å². The first-order valence-corrected chi connectivity index (χ1v) is 12.3. The van der Waals surface area contributed by atoms with Crippen LogP contribution in [0, 0.1) is 6.92 Å². The van der Waals surface area contributed by atoms with E-state index in [1.54, 1.807) is 0 Å². The van der Waals surface area contributed by atoms with Crippen LogP contribution in [0.25, 0.3) is 11.1 Å². The van der Waals surface area contributed by atoms with E-state index in [4.69, 9.17) is 0 Å². The molecule has 172 valence electrons. The second-order valence-electron chi connectivity index (χ2n) is 10.1. The van der Waals surface area contributed by atoms with E-state index < -0.39 is 0 Å². The van der Waals surface area contributed by atoms with Gasteiger partial charge in [0.05, 0.1) is 17.1 Å². The van der Waals surface area contributed by atoms with Gasteiger partial charge >= 0.3 is 0 Å². The molecule has 0 saturated carbocycles. The molecular formula is C32H34N2. The number of rotatable bonds is 6. The molecule has 0 aromatic heterocycles. The molecule has 0 radical (unpaired) electrons. The Morgan fingerprint density at radius 1 is 0.735 bits per heavy atom. The Labute approximate surface area is 204 Å². The molecule has 2 aliphatic heterocycles. The highest BCUT2D eigenvalue weighted by Crippen LogP contribution is 2.47. The summed E-state index contributed by atoms with van der Waals surface area (Å²) in [5, 5.41) is 0. The van der Waals surface area contributed by atoms with Crippen molar-refractivity contribution in [3.63, 3.8) is 0 Å². The van der Waals surface area contributed by atoms with Crippen molar-refractivity contribution < 1.29 is 0 Å². The topological polar surface area (TPSA) is 6.48 Å². The molecule has 2 heterocycles. The van der Waals surface area contributed by atoms with E-state index in [-0.39, 0.29) is 0 Å². The molecule has 2 bridgehead atoms. The molecule has 2 heteroatoms. The van der Waals surface area contributed by atoms with Crippen molar-refractivity contribution >= 4 is 11.4 Å². The maximum Gasteiger partial charge on any atom is 0.0719 e. The standard InChI is InChI=1S/C32H34N2/c1-21(2)24-13-12-23(5)28(18-24)29-19-25(22(3)4)14-16-30(29)34-27-15-17-31(32(34)20-27)33(6)26-10-8-7-9-11-26/h7-22H,1-6H3. The van der Waals surface area contributed by atoms with Gasteiger partial charge in [0.15, 0.2) is 0 Å². The highest BCUT2D eigenvalue weighted by molar-refractivity contribution is 5.89. The van der Waals surface area contributed by atoms with Gasteiger partial charge in [-0.15, -0.1) is 0 Å². The number of anilines is 2. The summed E-state index contributed by atoms with van der Waals surface area (Å²) in [7, 11) is 2.15. The molecule has 0 atom stereocenters. The minimum atomic E-state index is 0.482. The summed E-state index contributed by atoms with van der Waals surface area (Å²) >= 11 is 0. The monoisotopic (exact) mass is 446 g/mol. The molecule has 0 saturated heterocycles. The van der Waals surface area contributed by atoms with Crippen molar-refractivity contribution in [2.75, 3.05) is 16.8 Å². The van der Waals surface area contributed by atoms with E-state index in [0.29, 0.717) is 11.8 Å². The zero-order valence-corrected chi connectivity index (χ0v) is 21.1. The Morgan fingerprint density at radius 2 is 1.38 bits per heavy atom. The molecule has 3 aromatic carbocycles. The summed E-state index contributed by atoms with van der Waals surface area (Å²) in [6.07, 6.45) is 6.77. The number of nitrogens with zero attached hydrogens (tertiary/aromatic N) is 2. The molecular weight excluding hydrogens is 412 g/mol. The summed E-state index contributed by atoms with van der Waals surface area (Å²) in [5.74, 6) is 0.981. The third-order valence-electron chi connectivity index (χ3n) is 7.11. The average molecular weight is 447 g/mol. The van der Waals surface area contributed by atoms with Crippen LogP contribution in [0.4, 0.5) is 11.4 Å². The molecule has 34 heavy (non-hydrogen) atoms. The van der Waals surface area contributed by atoms with Gasteiger partial charge in [-0.25, -0.2) is 0 Å².